The minimum absolute atomic E-state index is 0.00231. The average Bonchev–Trinajstić information content (AvgIpc) is 3.15. The summed E-state index contributed by atoms with van der Waals surface area (Å²) in [7, 11) is 1.80. The van der Waals surface area contributed by atoms with E-state index in [9.17, 15) is 9.59 Å². The molecule has 0 fully saturated rings. The molecule has 3 rings (SSSR count). The van der Waals surface area contributed by atoms with Crippen LogP contribution in [0.1, 0.15) is 29.1 Å². The van der Waals surface area contributed by atoms with E-state index in [-0.39, 0.29) is 30.6 Å². The molecule has 0 N–H and O–H groups in total. The van der Waals surface area contributed by atoms with Gasteiger partial charge in [0.05, 0.1) is 12.6 Å². The second kappa shape index (κ2) is 6.60. The first-order valence-electron chi connectivity index (χ1n) is 7.83. The van der Waals surface area contributed by atoms with Crippen LogP contribution in [0.2, 0.25) is 0 Å². The van der Waals surface area contributed by atoms with Gasteiger partial charge in [-0.15, -0.1) is 16.4 Å². The maximum atomic E-state index is 12.4. The number of nitrogens with zero attached hydrogens (tertiary/aromatic N) is 4. The van der Waals surface area contributed by atoms with Crippen molar-refractivity contribution in [1.29, 1.82) is 0 Å². The molecule has 126 valence electrons. The molecule has 24 heavy (non-hydrogen) atoms. The van der Waals surface area contributed by atoms with Gasteiger partial charge >= 0.3 is 5.69 Å². The van der Waals surface area contributed by atoms with Crippen LogP contribution in [-0.4, -0.2) is 32.0 Å². The van der Waals surface area contributed by atoms with Crippen molar-refractivity contribution in [3.05, 3.63) is 56.8 Å². The van der Waals surface area contributed by atoms with Crippen LogP contribution < -0.4 is 5.69 Å². The molecular formula is C17H20N4O2S. The smallest absolute Gasteiger partial charge is 0.338 e. The lowest BCUT2D eigenvalue weighted by molar-refractivity contribution is -0.132. The summed E-state index contributed by atoms with van der Waals surface area (Å²) in [5.41, 5.74) is 0.369. The molecule has 0 aliphatic heterocycles. The minimum atomic E-state index is -0.219. The first kappa shape index (κ1) is 16.4. The summed E-state index contributed by atoms with van der Waals surface area (Å²) in [4.78, 5) is 28.8. The van der Waals surface area contributed by atoms with Crippen molar-refractivity contribution >= 4 is 22.9 Å². The van der Waals surface area contributed by atoms with Crippen LogP contribution in [-0.2, 0) is 11.3 Å². The van der Waals surface area contributed by atoms with Crippen molar-refractivity contribution < 1.29 is 4.79 Å². The molecular weight excluding hydrogens is 324 g/mol. The third-order valence-corrected chi connectivity index (χ3v) is 5.34. The Bertz CT molecular complexity index is 924. The van der Waals surface area contributed by atoms with Crippen molar-refractivity contribution in [3.8, 4) is 0 Å². The van der Waals surface area contributed by atoms with Crippen LogP contribution in [0.5, 0.6) is 0 Å². The van der Waals surface area contributed by atoms with Gasteiger partial charge in [0, 0.05) is 29.4 Å². The van der Waals surface area contributed by atoms with Gasteiger partial charge in [-0.3, -0.25) is 9.20 Å². The van der Waals surface area contributed by atoms with Gasteiger partial charge in [0.1, 0.15) is 0 Å². The van der Waals surface area contributed by atoms with E-state index in [0.717, 1.165) is 4.88 Å². The molecule has 0 unspecified atom stereocenters. The third-order valence-electron chi connectivity index (χ3n) is 4.17. The molecule has 0 aliphatic carbocycles. The Kier molecular flexibility index (Phi) is 4.53. The van der Waals surface area contributed by atoms with E-state index in [4.69, 9.17) is 0 Å². The zero-order chi connectivity index (χ0) is 17.3. The Morgan fingerprint density at radius 3 is 2.79 bits per heavy atom. The number of aryl methyl sites for hydroxylation is 2. The molecule has 3 aromatic heterocycles. The normalized spacial score (nSPS) is 12.5. The molecule has 7 heteroatoms. The lowest BCUT2D eigenvalue weighted by atomic mass is 10.2. The number of pyridine rings is 1. The molecule has 1 atom stereocenters. The predicted molar refractivity (Wildman–Crippen MR) is 94.3 cm³/mol. The van der Waals surface area contributed by atoms with Crippen LogP contribution in [0.15, 0.2) is 41.3 Å². The number of thiophene rings is 1. The summed E-state index contributed by atoms with van der Waals surface area (Å²) in [5.74, 6) is -0.00231. The fraction of sp³-hybridized carbons (Fsp3) is 0.353. The van der Waals surface area contributed by atoms with Gasteiger partial charge in [-0.1, -0.05) is 6.07 Å². The molecule has 0 saturated heterocycles. The summed E-state index contributed by atoms with van der Waals surface area (Å²) in [5, 5.41) is 4.25. The van der Waals surface area contributed by atoms with E-state index in [1.165, 1.54) is 14.0 Å². The second-order valence-corrected chi connectivity index (χ2v) is 7.13. The van der Waals surface area contributed by atoms with Gasteiger partial charge in [-0.05, 0) is 38.1 Å². The maximum Gasteiger partial charge on any atom is 0.350 e. The van der Waals surface area contributed by atoms with Gasteiger partial charge in [-0.25, -0.2) is 9.48 Å². The van der Waals surface area contributed by atoms with Gasteiger partial charge < -0.3 is 4.90 Å². The summed E-state index contributed by atoms with van der Waals surface area (Å²) in [6.45, 7) is 4.35. The third kappa shape index (κ3) is 3.12. The fourth-order valence-corrected chi connectivity index (χ4v) is 3.55. The van der Waals surface area contributed by atoms with E-state index >= 15 is 0 Å². The van der Waals surface area contributed by atoms with Crippen LogP contribution in [0.3, 0.4) is 0 Å². The molecule has 0 radical (unpaired) electrons. The van der Waals surface area contributed by atoms with Crippen LogP contribution in [0.4, 0.5) is 0 Å². The van der Waals surface area contributed by atoms with Gasteiger partial charge in [0.25, 0.3) is 0 Å². The van der Waals surface area contributed by atoms with Crippen molar-refractivity contribution in [2.45, 2.75) is 32.9 Å². The number of amides is 1. The first-order chi connectivity index (χ1) is 11.5. The van der Waals surface area contributed by atoms with Crippen LogP contribution in [0, 0.1) is 6.92 Å². The summed E-state index contributed by atoms with van der Waals surface area (Å²) >= 11 is 1.70. The van der Waals surface area contributed by atoms with Crippen LogP contribution in [0.25, 0.3) is 5.65 Å². The number of hydrogen-bond acceptors (Lipinski definition) is 4. The van der Waals surface area contributed by atoms with E-state index in [1.807, 2.05) is 13.0 Å². The highest BCUT2D eigenvalue weighted by Crippen LogP contribution is 2.26. The largest absolute Gasteiger partial charge is 0.350 e. The van der Waals surface area contributed by atoms with Crippen molar-refractivity contribution in [2.75, 3.05) is 7.05 Å². The molecule has 3 heterocycles. The van der Waals surface area contributed by atoms with Crippen molar-refractivity contribution in [3.63, 3.8) is 0 Å². The number of rotatable bonds is 5. The van der Waals surface area contributed by atoms with E-state index < -0.39 is 0 Å². The topological polar surface area (TPSA) is 59.6 Å². The molecule has 0 aliphatic rings. The molecule has 0 bridgehead atoms. The number of carbonyl (C=O) groups is 1. The van der Waals surface area contributed by atoms with Crippen molar-refractivity contribution in [2.24, 2.45) is 0 Å². The zero-order valence-corrected chi connectivity index (χ0v) is 14.8. The Morgan fingerprint density at radius 2 is 2.12 bits per heavy atom. The zero-order valence-electron chi connectivity index (χ0n) is 14.0. The Morgan fingerprint density at radius 1 is 1.33 bits per heavy atom. The number of hydrogen-bond donors (Lipinski definition) is 0. The SMILES string of the molecule is Cc1ccc([C@@H](C)N(C)C(=O)CCn2nc3ccccn3c2=O)s1. The van der Waals surface area contributed by atoms with Crippen LogP contribution >= 0.6 is 11.3 Å². The highest BCUT2D eigenvalue weighted by molar-refractivity contribution is 7.12. The number of aromatic nitrogens is 3. The maximum absolute atomic E-state index is 12.4. The quantitative estimate of drug-likeness (QED) is 0.714. The Hall–Kier alpha value is -2.41. The molecule has 6 nitrogen and oxygen atoms in total. The number of carbonyl (C=O) groups excluding carboxylic acids is 1. The van der Waals surface area contributed by atoms with E-state index in [1.54, 1.807) is 41.6 Å². The molecule has 3 aromatic rings. The lowest BCUT2D eigenvalue weighted by Gasteiger charge is -2.24. The molecule has 0 spiro atoms. The Labute approximate surface area is 144 Å². The summed E-state index contributed by atoms with van der Waals surface area (Å²) in [6, 6.07) is 9.52. The predicted octanol–water partition coefficient (Wildman–Crippen LogP) is 2.48. The lowest BCUT2D eigenvalue weighted by Crippen LogP contribution is -2.31. The highest BCUT2D eigenvalue weighted by Gasteiger charge is 2.19. The van der Waals surface area contributed by atoms with E-state index in [0.29, 0.717) is 5.65 Å². The summed E-state index contributed by atoms with van der Waals surface area (Å²) < 4.78 is 2.83. The second-order valence-electron chi connectivity index (χ2n) is 5.81. The van der Waals surface area contributed by atoms with Gasteiger partial charge in [-0.2, -0.15) is 0 Å². The highest BCUT2D eigenvalue weighted by atomic mass is 32.1. The molecule has 1 amide bonds. The number of fused-ring (bicyclic) bond motifs is 1. The first-order valence-corrected chi connectivity index (χ1v) is 8.65. The van der Waals surface area contributed by atoms with Gasteiger partial charge in [0.2, 0.25) is 5.91 Å². The van der Waals surface area contributed by atoms with E-state index in [2.05, 4.69) is 24.2 Å². The monoisotopic (exact) mass is 344 g/mol. The summed E-state index contributed by atoms with van der Waals surface area (Å²) in [6.07, 6.45) is 1.92. The van der Waals surface area contributed by atoms with Crippen molar-refractivity contribution in [1.82, 2.24) is 19.1 Å². The van der Waals surface area contributed by atoms with Gasteiger partial charge in [0.15, 0.2) is 5.65 Å². The minimum Gasteiger partial charge on any atom is -0.338 e. The fourth-order valence-electron chi connectivity index (χ4n) is 2.58. The molecule has 0 saturated carbocycles. The molecule has 0 aromatic carbocycles. The Balaban J connectivity index is 1.68. The standard InChI is InChI=1S/C17H20N4O2S/c1-12-7-8-14(24-12)13(2)19(3)16(22)9-11-21-17(23)20-10-5-4-6-15(20)18-21/h4-8,10,13H,9,11H2,1-3H3/t13-/m1/s1. The average molecular weight is 344 g/mol.